The van der Waals surface area contributed by atoms with Crippen molar-refractivity contribution in [3.05, 3.63) is 59.0 Å². The maximum atomic E-state index is 10.8. The number of pyridine rings is 1. The summed E-state index contributed by atoms with van der Waals surface area (Å²) in [7, 11) is 0. The Bertz CT molecular complexity index is 1470. The van der Waals surface area contributed by atoms with E-state index >= 15 is 0 Å². The van der Waals surface area contributed by atoms with Crippen LogP contribution in [0.2, 0.25) is 0 Å². The Morgan fingerprint density at radius 2 is 1.75 bits per heavy atom. The Morgan fingerprint density at radius 3 is 2.42 bits per heavy atom. The van der Waals surface area contributed by atoms with Gasteiger partial charge in [-0.1, -0.05) is 43.7 Å². The van der Waals surface area contributed by atoms with Crippen molar-refractivity contribution in [3.63, 3.8) is 0 Å². The molecular formula is C30H38N6O3S. The first kappa shape index (κ1) is 28.4. The second-order valence-corrected chi connectivity index (χ2v) is 12.3. The fraction of sp³-hybridized carbons (Fsp3) is 0.467. The van der Waals surface area contributed by atoms with E-state index in [0.717, 1.165) is 44.2 Å². The van der Waals surface area contributed by atoms with Crippen LogP contribution in [0.3, 0.4) is 0 Å². The summed E-state index contributed by atoms with van der Waals surface area (Å²) in [5, 5.41) is 38.5. The predicted octanol–water partition coefficient (Wildman–Crippen LogP) is 4.65. The topological polar surface area (TPSA) is 136 Å². The Labute approximate surface area is 238 Å². The lowest BCUT2D eigenvalue weighted by Crippen LogP contribution is -2.35. The number of aliphatic hydroxyl groups excluding tert-OH is 3. The summed E-state index contributed by atoms with van der Waals surface area (Å²) in [6, 6.07) is 9.78. The van der Waals surface area contributed by atoms with Gasteiger partial charge in [0.1, 0.15) is 22.4 Å². The molecule has 4 aromatic rings. The van der Waals surface area contributed by atoms with Crippen molar-refractivity contribution in [3.8, 4) is 10.6 Å². The highest BCUT2D eigenvalue weighted by molar-refractivity contribution is 7.21. The molecule has 9 nitrogen and oxygen atoms in total. The van der Waals surface area contributed by atoms with Crippen LogP contribution in [0.4, 0.5) is 11.8 Å². The van der Waals surface area contributed by atoms with Crippen LogP contribution in [0.1, 0.15) is 55.7 Å². The smallest absolute Gasteiger partial charge is 0.225 e. The SMILES string of the molecule is Cc1ccc(C(C)Nc2nc(C)c(-c3nc4c(CC(C)C)nccc4s3)c(NC3CC(CO)C(O)C3O)n2)cc1. The molecule has 5 unspecified atom stereocenters. The number of nitrogens with zero attached hydrogens (tertiary/aromatic N) is 4. The molecule has 0 bridgehead atoms. The molecule has 0 aliphatic heterocycles. The quantitative estimate of drug-likeness (QED) is 0.197. The molecule has 40 heavy (non-hydrogen) atoms. The summed E-state index contributed by atoms with van der Waals surface area (Å²) in [5.41, 5.74) is 5.64. The lowest BCUT2D eigenvalue weighted by molar-refractivity contribution is 0.00446. The molecule has 0 saturated heterocycles. The van der Waals surface area contributed by atoms with Gasteiger partial charge in [0.15, 0.2) is 0 Å². The standard InChI is InChI=1S/C30H38N6O3S/c1-15(2)12-21-25-23(10-11-31-21)40-29(35-25)24-18(5)33-30(32-17(4)19-8-6-16(3)7-9-19)36-28(24)34-22-13-20(14-37)26(38)27(22)39/h6-11,15,17,20,22,26-27,37-39H,12-14H2,1-5H3,(H2,32,33,34,36). The summed E-state index contributed by atoms with van der Waals surface area (Å²) < 4.78 is 1.04. The molecule has 0 radical (unpaired) electrons. The van der Waals surface area contributed by atoms with E-state index in [1.165, 1.54) is 5.56 Å². The molecule has 3 aromatic heterocycles. The van der Waals surface area contributed by atoms with Crippen LogP contribution in [-0.4, -0.2) is 60.1 Å². The van der Waals surface area contributed by atoms with Crippen LogP contribution in [-0.2, 0) is 6.42 Å². The van der Waals surface area contributed by atoms with E-state index in [1.807, 2.05) is 19.2 Å². The number of hydrogen-bond acceptors (Lipinski definition) is 10. The van der Waals surface area contributed by atoms with Gasteiger partial charge in [0.05, 0.1) is 39.8 Å². The molecule has 5 rings (SSSR count). The first-order valence-corrected chi connectivity index (χ1v) is 14.7. The molecule has 3 heterocycles. The minimum Gasteiger partial charge on any atom is -0.396 e. The van der Waals surface area contributed by atoms with Crippen LogP contribution in [0.15, 0.2) is 36.5 Å². The predicted molar refractivity (Wildman–Crippen MR) is 160 cm³/mol. The minimum absolute atomic E-state index is 0.0384. The fourth-order valence-corrected chi connectivity index (χ4v) is 6.39. The zero-order valence-electron chi connectivity index (χ0n) is 23.6. The van der Waals surface area contributed by atoms with E-state index in [2.05, 4.69) is 67.6 Å². The molecule has 5 atom stereocenters. The molecule has 1 saturated carbocycles. The number of nitrogens with one attached hydrogen (secondary N) is 2. The van der Waals surface area contributed by atoms with E-state index in [-0.39, 0.29) is 12.6 Å². The van der Waals surface area contributed by atoms with Crippen molar-refractivity contribution in [1.82, 2.24) is 19.9 Å². The number of aliphatic hydroxyl groups is 3. The second kappa shape index (κ2) is 11.7. The highest BCUT2D eigenvalue weighted by atomic mass is 32.1. The average Bonchev–Trinajstić information content (AvgIpc) is 3.45. The minimum atomic E-state index is -1.04. The van der Waals surface area contributed by atoms with Gasteiger partial charge >= 0.3 is 0 Å². The van der Waals surface area contributed by atoms with Crippen molar-refractivity contribution in [2.75, 3.05) is 17.2 Å². The van der Waals surface area contributed by atoms with E-state index in [9.17, 15) is 15.3 Å². The van der Waals surface area contributed by atoms with Crippen LogP contribution >= 0.6 is 11.3 Å². The van der Waals surface area contributed by atoms with Crippen molar-refractivity contribution < 1.29 is 15.3 Å². The zero-order chi connectivity index (χ0) is 28.6. The normalized spacial score (nSPS) is 21.7. The van der Waals surface area contributed by atoms with Gasteiger partial charge in [-0.3, -0.25) is 4.98 Å². The molecule has 0 spiro atoms. The van der Waals surface area contributed by atoms with Gasteiger partial charge < -0.3 is 26.0 Å². The lowest BCUT2D eigenvalue weighted by atomic mass is 10.1. The fourth-order valence-electron chi connectivity index (χ4n) is 5.31. The van der Waals surface area contributed by atoms with E-state index in [1.54, 1.807) is 11.3 Å². The third-order valence-electron chi connectivity index (χ3n) is 7.57. The Kier molecular flexibility index (Phi) is 8.32. The molecule has 0 amide bonds. The number of fused-ring (bicyclic) bond motifs is 1. The third-order valence-corrected chi connectivity index (χ3v) is 8.61. The van der Waals surface area contributed by atoms with Crippen molar-refractivity contribution in [2.24, 2.45) is 11.8 Å². The van der Waals surface area contributed by atoms with Crippen molar-refractivity contribution >= 4 is 33.3 Å². The van der Waals surface area contributed by atoms with Gasteiger partial charge in [0.2, 0.25) is 5.95 Å². The number of aryl methyl sites for hydroxylation is 2. The molecule has 10 heteroatoms. The van der Waals surface area contributed by atoms with E-state index in [4.69, 9.17) is 15.0 Å². The summed E-state index contributed by atoms with van der Waals surface area (Å²) in [5.74, 6) is 1.01. The van der Waals surface area contributed by atoms with Gasteiger partial charge in [-0.2, -0.15) is 4.98 Å². The average molecular weight is 563 g/mol. The third kappa shape index (κ3) is 5.81. The summed E-state index contributed by atoms with van der Waals surface area (Å²) in [6.07, 6.45) is 1.01. The van der Waals surface area contributed by atoms with Gasteiger partial charge in [-0.25, -0.2) is 9.97 Å². The van der Waals surface area contributed by atoms with Crippen LogP contribution < -0.4 is 10.6 Å². The highest BCUT2D eigenvalue weighted by Gasteiger charge is 2.41. The van der Waals surface area contributed by atoms with Crippen LogP contribution in [0.5, 0.6) is 0 Å². The van der Waals surface area contributed by atoms with Gasteiger partial charge in [0, 0.05) is 18.7 Å². The monoisotopic (exact) mass is 562 g/mol. The van der Waals surface area contributed by atoms with Gasteiger partial charge in [-0.15, -0.1) is 11.3 Å². The number of benzene rings is 1. The van der Waals surface area contributed by atoms with Gasteiger partial charge in [0.25, 0.3) is 0 Å². The first-order chi connectivity index (χ1) is 19.1. The molecular weight excluding hydrogens is 524 g/mol. The largest absolute Gasteiger partial charge is 0.396 e. The lowest BCUT2D eigenvalue weighted by Gasteiger charge is -2.22. The number of hydrogen-bond donors (Lipinski definition) is 5. The molecule has 212 valence electrons. The van der Waals surface area contributed by atoms with E-state index in [0.29, 0.717) is 24.1 Å². The maximum absolute atomic E-state index is 10.8. The van der Waals surface area contributed by atoms with E-state index < -0.39 is 24.2 Å². The number of aromatic nitrogens is 4. The van der Waals surface area contributed by atoms with Crippen LogP contribution in [0, 0.1) is 25.7 Å². The van der Waals surface area contributed by atoms with Crippen molar-refractivity contribution in [1.29, 1.82) is 0 Å². The summed E-state index contributed by atoms with van der Waals surface area (Å²) in [6.45, 7) is 10.2. The first-order valence-electron chi connectivity index (χ1n) is 13.8. The van der Waals surface area contributed by atoms with Crippen LogP contribution in [0.25, 0.3) is 20.8 Å². The van der Waals surface area contributed by atoms with Crippen molar-refractivity contribution in [2.45, 2.75) is 71.8 Å². The molecule has 1 aromatic carbocycles. The summed E-state index contributed by atoms with van der Waals surface area (Å²) in [4.78, 5) is 19.3. The number of thiazole rings is 1. The highest BCUT2D eigenvalue weighted by Crippen LogP contribution is 2.39. The number of rotatable bonds is 9. The second-order valence-electron chi connectivity index (χ2n) is 11.3. The Balaban J connectivity index is 1.55. The molecule has 1 aliphatic rings. The maximum Gasteiger partial charge on any atom is 0.225 e. The van der Waals surface area contributed by atoms with Gasteiger partial charge in [-0.05, 0) is 51.2 Å². The Hall–Kier alpha value is -3.18. The molecule has 5 N–H and O–H groups in total. The number of anilines is 2. The molecule has 1 aliphatic carbocycles. The molecule has 1 fully saturated rings. The Morgan fingerprint density at radius 1 is 1.00 bits per heavy atom. The summed E-state index contributed by atoms with van der Waals surface area (Å²) >= 11 is 1.56. The zero-order valence-corrected chi connectivity index (χ0v) is 24.4.